The van der Waals surface area contributed by atoms with Gasteiger partial charge in [0.2, 0.25) is 5.91 Å². The fraction of sp³-hybridized carbons (Fsp3) is 0.833. The number of rotatable bonds is 0. The van der Waals surface area contributed by atoms with Gasteiger partial charge in [0.05, 0.1) is 12.1 Å². The number of nitrogens with zero attached hydrogens (tertiary/aromatic N) is 1. The molecule has 2 rings (SSSR count). The van der Waals surface area contributed by atoms with Crippen LogP contribution in [-0.2, 0) is 4.79 Å². The Morgan fingerprint density at radius 2 is 2.42 bits per heavy atom. The van der Waals surface area contributed by atoms with Crippen LogP contribution in [0.15, 0.2) is 0 Å². The van der Waals surface area contributed by atoms with Gasteiger partial charge < -0.3 is 5.32 Å². The molecule has 0 aromatic rings. The molecule has 2 aliphatic heterocycles. The number of hydrogen-bond acceptors (Lipinski definition) is 4. The Morgan fingerprint density at radius 1 is 1.67 bits per heavy atom. The highest BCUT2D eigenvalue weighted by molar-refractivity contribution is 6.21. The Balaban J connectivity index is 2.14. The first-order chi connectivity index (χ1) is 5.68. The first-order valence-corrected chi connectivity index (χ1v) is 4.29. The lowest BCUT2D eigenvalue weighted by molar-refractivity contribution is -0.128. The number of amides is 1. The zero-order chi connectivity index (χ0) is 8.72. The molecule has 68 valence electrons. The molecular weight excluding hydrogens is 180 g/mol. The van der Waals surface area contributed by atoms with Crippen LogP contribution in [0.5, 0.6) is 0 Å². The van der Waals surface area contributed by atoms with Crippen LogP contribution in [0.3, 0.4) is 0 Å². The Hall–Kier alpha value is -0.360. The highest BCUT2D eigenvalue weighted by Gasteiger charge is 2.41. The normalized spacial score (nSPS) is 42.5. The second-order valence-corrected chi connectivity index (χ2v) is 3.50. The van der Waals surface area contributed by atoms with E-state index in [2.05, 4.69) is 16.1 Å². The molecule has 2 fully saturated rings. The van der Waals surface area contributed by atoms with Crippen LogP contribution in [0.25, 0.3) is 0 Å². The summed E-state index contributed by atoms with van der Waals surface area (Å²) in [6.07, 6.45) is 0.0150. The number of nitrogens with one attached hydrogen (secondary N) is 3. The van der Waals surface area contributed by atoms with Crippen molar-refractivity contribution < 1.29 is 4.79 Å². The molecule has 2 aliphatic rings. The molecule has 0 radical (unpaired) electrons. The Bertz CT molecular complexity index is 212. The van der Waals surface area contributed by atoms with E-state index in [-0.39, 0.29) is 18.0 Å². The second-order valence-electron chi connectivity index (χ2n) is 3.06. The van der Waals surface area contributed by atoms with Gasteiger partial charge in [0, 0.05) is 13.6 Å². The lowest BCUT2D eigenvalue weighted by Crippen LogP contribution is -2.61. The van der Waals surface area contributed by atoms with E-state index in [0.29, 0.717) is 6.54 Å². The molecule has 1 amide bonds. The highest BCUT2D eigenvalue weighted by Crippen LogP contribution is 2.17. The molecule has 0 spiro atoms. The predicted molar refractivity (Wildman–Crippen MR) is 44.0 cm³/mol. The van der Waals surface area contributed by atoms with Gasteiger partial charge in [-0.25, -0.2) is 5.01 Å². The zero-order valence-corrected chi connectivity index (χ0v) is 7.43. The van der Waals surface area contributed by atoms with E-state index in [1.165, 1.54) is 0 Å². The monoisotopic (exact) mass is 190 g/mol. The number of hydrogen-bond donors (Lipinski definition) is 3. The van der Waals surface area contributed by atoms with Crippen molar-refractivity contribution in [3.8, 4) is 0 Å². The number of carbonyl (C=O) groups excluding carboxylic acids is 1. The standard InChI is InChI=1S/C6H11ClN4O/c1-11-4-3(2-8-11)5(12)10-6(7)9-4/h3-4,6,8-9H,2H2,1H3,(H,10,12). The summed E-state index contributed by atoms with van der Waals surface area (Å²) in [6.45, 7) is 0.670. The first kappa shape index (κ1) is 8.25. The van der Waals surface area contributed by atoms with E-state index in [0.717, 1.165) is 0 Å². The average Bonchev–Trinajstić information content (AvgIpc) is 2.33. The summed E-state index contributed by atoms with van der Waals surface area (Å²) in [5, 5.41) is 7.55. The van der Waals surface area contributed by atoms with Gasteiger partial charge in [-0.05, 0) is 0 Å². The third-order valence-corrected chi connectivity index (χ3v) is 2.52. The van der Waals surface area contributed by atoms with E-state index < -0.39 is 5.62 Å². The molecule has 5 nitrogen and oxygen atoms in total. The Morgan fingerprint density at radius 3 is 3.17 bits per heavy atom. The Kier molecular flexibility index (Phi) is 1.96. The predicted octanol–water partition coefficient (Wildman–Crippen LogP) is -1.38. The van der Waals surface area contributed by atoms with Gasteiger partial charge in [0.15, 0.2) is 5.62 Å². The highest BCUT2D eigenvalue weighted by atomic mass is 35.5. The maximum Gasteiger partial charge on any atom is 0.229 e. The van der Waals surface area contributed by atoms with Crippen molar-refractivity contribution in [3.05, 3.63) is 0 Å². The van der Waals surface area contributed by atoms with Crippen LogP contribution in [0.4, 0.5) is 0 Å². The number of alkyl halides is 1. The van der Waals surface area contributed by atoms with E-state index in [1.807, 2.05) is 12.1 Å². The molecule has 0 aromatic carbocycles. The van der Waals surface area contributed by atoms with Gasteiger partial charge in [-0.1, -0.05) is 11.6 Å². The number of halogens is 1. The van der Waals surface area contributed by atoms with Crippen LogP contribution in [0, 0.1) is 5.92 Å². The topological polar surface area (TPSA) is 56.4 Å². The molecule has 6 heteroatoms. The van der Waals surface area contributed by atoms with Crippen molar-refractivity contribution >= 4 is 17.5 Å². The fourth-order valence-corrected chi connectivity index (χ4v) is 1.85. The molecular formula is C6H11ClN4O. The molecule has 0 aromatic heterocycles. The Labute approximate surface area is 75.4 Å². The number of carbonyl (C=O) groups is 1. The summed E-state index contributed by atoms with van der Waals surface area (Å²) in [5.41, 5.74) is 2.61. The summed E-state index contributed by atoms with van der Waals surface area (Å²) >= 11 is 5.75. The van der Waals surface area contributed by atoms with Gasteiger partial charge in [-0.2, -0.15) is 0 Å². The first-order valence-electron chi connectivity index (χ1n) is 3.85. The lowest BCUT2D eigenvalue weighted by atomic mass is 10.1. The van der Waals surface area contributed by atoms with E-state index in [9.17, 15) is 4.79 Å². The van der Waals surface area contributed by atoms with Crippen molar-refractivity contribution in [2.75, 3.05) is 13.6 Å². The third kappa shape index (κ3) is 1.19. The van der Waals surface area contributed by atoms with Crippen molar-refractivity contribution in [3.63, 3.8) is 0 Å². The molecule has 12 heavy (non-hydrogen) atoms. The SMILES string of the molecule is CN1NCC2C(=O)NC(Cl)NC21. The fourth-order valence-electron chi connectivity index (χ4n) is 1.61. The minimum atomic E-state index is -0.457. The summed E-state index contributed by atoms with van der Waals surface area (Å²) < 4.78 is 0. The minimum absolute atomic E-state index is 0.00981. The smallest absolute Gasteiger partial charge is 0.229 e. The number of hydrazine groups is 1. The molecule has 2 heterocycles. The molecule has 3 N–H and O–H groups in total. The zero-order valence-electron chi connectivity index (χ0n) is 6.67. The van der Waals surface area contributed by atoms with Gasteiger partial charge >= 0.3 is 0 Å². The maximum absolute atomic E-state index is 11.3. The summed E-state index contributed by atoms with van der Waals surface area (Å²) in [7, 11) is 1.89. The average molecular weight is 191 g/mol. The van der Waals surface area contributed by atoms with Gasteiger partial charge in [0.25, 0.3) is 0 Å². The molecule has 0 aliphatic carbocycles. The summed E-state index contributed by atoms with van der Waals surface area (Å²) in [4.78, 5) is 11.3. The van der Waals surface area contributed by atoms with Crippen LogP contribution < -0.4 is 16.1 Å². The third-order valence-electron chi connectivity index (χ3n) is 2.28. The minimum Gasteiger partial charge on any atom is -0.327 e. The van der Waals surface area contributed by atoms with Crippen molar-refractivity contribution in [1.82, 2.24) is 21.1 Å². The van der Waals surface area contributed by atoms with Crippen LogP contribution in [0.2, 0.25) is 0 Å². The molecule has 0 saturated carbocycles. The van der Waals surface area contributed by atoms with Gasteiger partial charge in [-0.3, -0.25) is 15.5 Å². The quantitative estimate of drug-likeness (QED) is 0.326. The number of fused-ring (bicyclic) bond motifs is 1. The maximum atomic E-state index is 11.3. The van der Waals surface area contributed by atoms with Crippen molar-refractivity contribution in [2.24, 2.45) is 5.92 Å². The van der Waals surface area contributed by atoms with E-state index in [1.54, 1.807) is 0 Å². The molecule has 0 bridgehead atoms. The lowest BCUT2D eigenvalue weighted by Gasteiger charge is -2.32. The second kappa shape index (κ2) is 2.85. The van der Waals surface area contributed by atoms with E-state index >= 15 is 0 Å². The van der Waals surface area contributed by atoms with Crippen LogP contribution in [0.1, 0.15) is 0 Å². The van der Waals surface area contributed by atoms with Crippen molar-refractivity contribution in [1.29, 1.82) is 0 Å². The molecule has 3 unspecified atom stereocenters. The van der Waals surface area contributed by atoms with Crippen molar-refractivity contribution in [2.45, 2.75) is 11.8 Å². The molecule has 2 saturated heterocycles. The van der Waals surface area contributed by atoms with E-state index in [4.69, 9.17) is 11.6 Å². The molecule has 3 atom stereocenters. The van der Waals surface area contributed by atoms with Crippen LogP contribution >= 0.6 is 11.6 Å². The van der Waals surface area contributed by atoms with Crippen LogP contribution in [-0.4, -0.2) is 36.3 Å². The summed E-state index contributed by atoms with van der Waals surface area (Å²) in [6, 6.07) is 0. The summed E-state index contributed by atoms with van der Waals surface area (Å²) in [5.74, 6) is -0.0272. The van der Waals surface area contributed by atoms with Gasteiger partial charge in [-0.15, -0.1) is 0 Å². The van der Waals surface area contributed by atoms with Gasteiger partial charge in [0.1, 0.15) is 0 Å². The largest absolute Gasteiger partial charge is 0.327 e.